The summed E-state index contributed by atoms with van der Waals surface area (Å²) in [7, 11) is 3.31. The van der Waals surface area contributed by atoms with Gasteiger partial charge in [-0.1, -0.05) is 12.1 Å². The third kappa shape index (κ3) is 3.88. The van der Waals surface area contributed by atoms with Gasteiger partial charge in [-0.2, -0.15) is 5.26 Å². The van der Waals surface area contributed by atoms with E-state index in [1.165, 1.54) is 11.3 Å². The molecule has 0 atom stereocenters. The molecule has 0 unspecified atom stereocenters. The summed E-state index contributed by atoms with van der Waals surface area (Å²) in [6.45, 7) is 0.845. The highest BCUT2D eigenvalue weighted by Gasteiger charge is 2.15. The first kappa shape index (κ1) is 15.2. The Kier molecular flexibility index (Phi) is 5.04. The smallest absolute Gasteiger partial charge is 0.273 e. The number of thiazole rings is 1. The molecule has 6 heteroatoms. The van der Waals surface area contributed by atoms with Crippen LogP contribution < -0.4 is 0 Å². The summed E-state index contributed by atoms with van der Waals surface area (Å²) in [4.78, 5) is 18.1. The third-order valence-electron chi connectivity index (χ3n) is 2.86. The second-order valence-electron chi connectivity index (χ2n) is 4.53. The van der Waals surface area contributed by atoms with Crippen LogP contribution in [0.25, 0.3) is 0 Å². The highest BCUT2D eigenvalue weighted by molar-refractivity contribution is 7.09. The Morgan fingerprint density at radius 3 is 3.05 bits per heavy atom. The molecule has 1 aromatic carbocycles. The lowest BCUT2D eigenvalue weighted by Gasteiger charge is -2.16. The van der Waals surface area contributed by atoms with Crippen molar-refractivity contribution in [3.8, 4) is 6.07 Å². The molecule has 21 heavy (non-hydrogen) atoms. The van der Waals surface area contributed by atoms with Gasteiger partial charge in [0.2, 0.25) is 0 Å². The highest BCUT2D eigenvalue weighted by atomic mass is 32.1. The van der Waals surface area contributed by atoms with Crippen LogP contribution in [-0.4, -0.2) is 29.9 Å². The maximum absolute atomic E-state index is 12.3. The molecule has 2 aromatic rings. The molecule has 0 bridgehead atoms. The molecule has 0 spiro atoms. The van der Waals surface area contributed by atoms with Crippen molar-refractivity contribution in [3.05, 3.63) is 51.5 Å². The van der Waals surface area contributed by atoms with Crippen LogP contribution in [0.5, 0.6) is 0 Å². The van der Waals surface area contributed by atoms with Crippen LogP contribution in [-0.2, 0) is 17.9 Å². The summed E-state index contributed by atoms with van der Waals surface area (Å²) in [5.41, 5.74) is 1.92. The van der Waals surface area contributed by atoms with Crippen LogP contribution in [0.4, 0.5) is 0 Å². The van der Waals surface area contributed by atoms with E-state index in [0.29, 0.717) is 24.4 Å². The lowest BCUT2D eigenvalue weighted by molar-refractivity contribution is 0.0779. The lowest BCUT2D eigenvalue weighted by atomic mass is 10.1. The second kappa shape index (κ2) is 6.97. The Morgan fingerprint density at radius 1 is 1.52 bits per heavy atom. The van der Waals surface area contributed by atoms with E-state index in [9.17, 15) is 4.79 Å². The number of ether oxygens (including phenoxy) is 1. The maximum Gasteiger partial charge on any atom is 0.273 e. The standard InChI is InChI=1S/C15H15N3O2S/c1-18(8-12-5-3-4-11(6-12)7-16)15(19)13-10-21-14(17-13)9-20-2/h3-6,10H,8-9H2,1-2H3. The number of benzene rings is 1. The van der Waals surface area contributed by atoms with Gasteiger partial charge in [0.15, 0.2) is 0 Å². The number of carbonyl (C=O) groups is 1. The summed E-state index contributed by atoms with van der Waals surface area (Å²) in [5.74, 6) is -0.143. The van der Waals surface area contributed by atoms with E-state index in [0.717, 1.165) is 10.6 Å². The number of methoxy groups -OCH3 is 1. The summed E-state index contributed by atoms with van der Waals surface area (Å²) >= 11 is 1.41. The lowest BCUT2D eigenvalue weighted by Crippen LogP contribution is -2.26. The van der Waals surface area contributed by atoms with Crippen LogP contribution >= 0.6 is 11.3 Å². The number of hydrogen-bond donors (Lipinski definition) is 0. The average molecular weight is 301 g/mol. The maximum atomic E-state index is 12.3. The molecule has 1 aromatic heterocycles. The van der Waals surface area contributed by atoms with Gasteiger partial charge in [-0.25, -0.2) is 4.98 Å². The molecule has 0 saturated heterocycles. The van der Waals surface area contributed by atoms with E-state index in [1.807, 2.05) is 12.1 Å². The normalized spacial score (nSPS) is 10.1. The van der Waals surface area contributed by atoms with Gasteiger partial charge in [-0.05, 0) is 17.7 Å². The molecule has 0 saturated carbocycles. The quantitative estimate of drug-likeness (QED) is 0.850. The summed E-state index contributed by atoms with van der Waals surface area (Å²) in [5, 5.41) is 11.4. The van der Waals surface area contributed by atoms with Crippen molar-refractivity contribution < 1.29 is 9.53 Å². The molecule has 1 amide bonds. The first-order valence-corrected chi connectivity index (χ1v) is 7.20. The Morgan fingerprint density at radius 2 is 2.33 bits per heavy atom. The minimum atomic E-state index is -0.143. The Balaban J connectivity index is 2.06. The molecule has 0 aliphatic carbocycles. The molecular weight excluding hydrogens is 286 g/mol. The van der Waals surface area contributed by atoms with Gasteiger partial charge in [0.05, 0.1) is 18.2 Å². The van der Waals surface area contributed by atoms with Crippen LogP contribution in [0.1, 0.15) is 26.6 Å². The molecule has 0 aliphatic rings. The first-order chi connectivity index (χ1) is 10.1. The summed E-state index contributed by atoms with van der Waals surface area (Å²) in [6.07, 6.45) is 0. The molecular formula is C15H15N3O2S. The van der Waals surface area contributed by atoms with Gasteiger partial charge < -0.3 is 9.64 Å². The Hall–Kier alpha value is -2.23. The van der Waals surface area contributed by atoms with Gasteiger partial charge in [0, 0.05) is 26.1 Å². The number of nitriles is 1. The summed E-state index contributed by atoms with van der Waals surface area (Å²) in [6, 6.07) is 9.31. The van der Waals surface area contributed by atoms with Gasteiger partial charge in [0.1, 0.15) is 10.7 Å². The molecule has 0 radical (unpaired) electrons. The Bertz CT molecular complexity index is 676. The Labute approximate surface area is 127 Å². The summed E-state index contributed by atoms with van der Waals surface area (Å²) < 4.78 is 5.00. The monoisotopic (exact) mass is 301 g/mol. The highest BCUT2D eigenvalue weighted by Crippen LogP contribution is 2.14. The number of aromatic nitrogens is 1. The van der Waals surface area contributed by atoms with Crippen molar-refractivity contribution in [1.82, 2.24) is 9.88 Å². The van der Waals surface area contributed by atoms with Crippen molar-refractivity contribution in [3.63, 3.8) is 0 Å². The number of nitrogens with zero attached hydrogens (tertiary/aromatic N) is 3. The van der Waals surface area contributed by atoms with Gasteiger partial charge in [-0.3, -0.25) is 4.79 Å². The average Bonchev–Trinajstić information content (AvgIpc) is 2.95. The number of amides is 1. The molecule has 0 fully saturated rings. The fourth-order valence-corrected chi connectivity index (χ4v) is 2.62. The van der Waals surface area contributed by atoms with Crippen molar-refractivity contribution >= 4 is 17.2 Å². The van der Waals surface area contributed by atoms with Crippen LogP contribution in [0, 0.1) is 11.3 Å². The van der Waals surface area contributed by atoms with E-state index in [2.05, 4.69) is 11.1 Å². The third-order valence-corrected chi connectivity index (χ3v) is 3.68. The minimum absolute atomic E-state index is 0.143. The zero-order valence-electron chi connectivity index (χ0n) is 11.9. The van der Waals surface area contributed by atoms with Gasteiger partial charge in [-0.15, -0.1) is 11.3 Å². The van der Waals surface area contributed by atoms with Crippen molar-refractivity contribution in [2.24, 2.45) is 0 Å². The van der Waals surface area contributed by atoms with Gasteiger partial charge in [0.25, 0.3) is 5.91 Å². The topological polar surface area (TPSA) is 66.2 Å². The molecule has 5 nitrogen and oxygen atoms in total. The van der Waals surface area contributed by atoms with E-state index in [4.69, 9.17) is 10.00 Å². The van der Waals surface area contributed by atoms with Crippen LogP contribution in [0.3, 0.4) is 0 Å². The number of hydrogen-bond acceptors (Lipinski definition) is 5. The minimum Gasteiger partial charge on any atom is -0.378 e. The largest absolute Gasteiger partial charge is 0.378 e. The first-order valence-electron chi connectivity index (χ1n) is 6.32. The molecule has 0 aliphatic heterocycles. The number of carbonyl (C=O) groups excluding carboxylic acids is 1. The SMILES string of the molecule is COCc1nc(C(=O)N(C)Cc2cccc(C#N)c2)cs1. The molecule has 108 valence electrons. The zero-order valence-corrected chi connectivity index (χ0v) is 12.7. The fraction of sp³-hybridized carbons (Fsp3) is 0.267. The predicted molar refractivity (Wildman–Crippen MR) is 79.8 cm³/mol. The van der Waals surface area contributed by atoms with Crippen molar-refractivity contribution in [2.75, 3.05) is 14.2 Å². The molecule has 1 heterocycles. The number of rotatable bonds is 5. The predicted octanol–water partition coefficient (Wildman–Crippen LogP) is 2.43. The zero-order chi connectivity index (χ0) is 15.2. The molecule has 0 N–H and O–H groups in total. The van der Waals surface area contributed by atoms with E-state index >= 15 is 0 Å². The second-order valence-corrected chi connectivity index (χ2v) is 5.48. The van der Waals surface area contributed by atoms with Crippen molar-refractivity contribution in [1.29, 1.82) is 5.26 Å². The van der Waals surface area contributed by atoms with Gasteiger partial charge >= 0.3 is 0 Å². The van der Waals surface area contributed by atoms with Crippen LogP contribution in [0.2, 0.25) is 0 Å². The van der Waals surface area contributed by atoms with Crippen LogP contribution in [0.15, 0.2) is 29.6 Å². The van der Waals surface area contributed by atoms with E-state index in [-0.39, 0.29) is 5.91 Å². The molecule has 2 rings (SSSR count). The van der Waals surface area contributed by atoms with E-state index in [1.54, 1.807) is 36.6 Å². The fourth-order valence-electron chi connectivity index (χ4n) is 1.88. The van der Waals surface area contributed by atoms with E-state index < -0.39 is 0 Å². The van der Waals surface area contributed by atoms with Crippen molar-refractivity contribution in [2.45, 2.75) is 13.2 Å².